The molecule has 18 heavy (non-hydrogen) atoms. The molecule has 1 aromatic carbocycles. The molecule has 0 saturated heterocycles. The van der Waals surface area contributed by atoms with Crippen molar-refractivity contribution < 1.29 is 5.11 Å². The van der Waals surface area contributed by atoms with Crippen LogP contribution >= 0.6 is 0 Å². The van der Waals surface area contributed by atoms with Gasteiger partial charge in [0.1, 0.15) is 12.4 Å². The third-order valence-electron chi connectivity index (χ3n) is 3.73. The van der Waals surface area contributed by atoms with E-state index in [4.69, 9.17) is 0 Å². The van der Waals surface area contributed by atoms with E-state index in [9.17, 15) is 5.11 Å². The highest BCUT2D eigenvalue weighted by Crippen LogP contribution is 2.36. The summed E-state index contributed by atoms with van der Waals surface area (Å²) < 4.78 is 0. The van der Waals surface area contributed by atoms with Gasteiger partial charge < -0.3 is 5.11 Å². The average molecular weight is 240 g/mol. The molecule has 0 aliphatic heterocycles. The van der Waals surface area contributed by atoms with Gasteiger partial charge in [-0.3, -0.25) is 0 Å². The minimum absolute atomic E-state index is 0.637. The fourth-order valence-corrected chi connectivity index (χ4v) is 2.34. The first kappa shape index (κ1) is 11.4. The van der Waals surface area contributed by atoms with E-state index in [2.05, 4.69) is 22.1 Å². The number of hydrogen-bond acceptors (Lipinski definition) is 3. The van der Waals surface area contributed by atoms with Gasteiger partial charge in [-0.15, -0.1) is 0 Å². The molecule has 1 aliphatic rings. The summed E-state index contributed by atoms with van der Waals surface area (Å²) in [5.41, 5.74) is 3.02. The van der Waals surface area contributed by atoms with Crippen molar-refractivity contribution in [1.29, 1.82) is 0 Å². The van der Waals surface area contributed by atoms with Crippen molar-refractivity contribution in [3.8, 4) is 0 Å². The van der Waals surface area contributed by atoms with Gasteiger partial charge in [-0.05, 0) is 29.9 Å². The second-order valence-corrected chi connectivity index (χ2v) is 4.87. The van der Waals surface area contributed by atoms with Crippen LogP contribution in [0.15, 0.2) is 43.0 Å². The molecule has 1 N–H and O–H groups in total. The maximum atomic E-state index is 10.2. The summed E-state index contributed by atoms with van der Waals surface area (Å²) in [6.45, 7) is 0. The third-order valence-corrected chi connectivity index (χ3v) is 3.73. The number of aliphatic hydroxyl groups is 1. The van der Waals surface area contributed by atoms with E-state index in [1.165, 1.54) is 31.2 Å². The monoisotopic (exact) mass is 240 g/mol. The Morgan fingerprint density at radius 1 is 1.00 bits per heavy atom. The number of aliphatic hydroxyl groups excluding tert-OH is 1. The normalized spacial score (nSPS) is 17.2. The van der Waals surface area contributed by atoms with Crippen molar-refractivity contribution in [2.45, 2.75) is 31.3 Å². The number of nitrogens with zero attached hydrogens (tertiary/aromatic N) is 2. The lowest BCUT2D eigenvalue weighted by Crippen LogP contribution is -2.09. The number of aromatic nitrogens is 2. The summed E-state index contributed by atoms with van der Waals surface area (Å²) >= 11 is 0. The Balaban J connectivity index is 1.80. The fourth-order valence-electron chi connectivity index (χ4n) is 2.34. The first-order valence-electron chi connectivity index (χ1n) is 6.37. The first-order valence-corrected chi connectivity index (χ1v) is 6.37. The van der Waals surface area contributed by atoms with Gasteiger partial charge in [-0.1, -0.05) is 30.7 Å². The second-order valence-electron chi connectivity index (χ2n) is 4.87. The van der Waals surface area contributed by atoms with Crippen LogP contribution in [-0.2, 0) is 0 Å². The lowest BCUT2D eigenvalue weighted by molar-refractivity contribution is 0.219. The van der Waals surface area contributed by atoms with Crippen LogP contribution in [0.4, 0.5) is 0 Å². The van der Waals surface area contributed by atoms with E-state index in [1.54, 1.807) is 12.4 Å². The van der Waals surface area contributed by atoms with Crippen LogP contribution in [0.5, 0.6) is 0 Å². The highest BCUT2D eigenvalue weighted by atomic mass is 16.3. The molecule has 0 amide bonds. The zero-order valence-electron chi connectivity index (χ0n) is 10.2. The highest BCUT2D eigenvalue weighted by molar-refractivity contribution is 5.31. The number of hydrogen-bond donors (Lipinski definition) is 1. The number of benzene rings is 1. The van der Waals surface area contributed by atoms with Crippen LogP contribution in [0.2, 0.25) is 0 Å². The summed E-state index contributed by atoms with van der Waals surface area (Å²) in [7, 11) is 0. The Hall–Kier alpha value is -1.74. The Labute approximate surface area is 107 Å². The van der Waals surface area contributed by atoms with Crippen LogP contribution in [0.1, 0.15) is 48.0 Å². The van der Waals surface area contributed by atoms with Crippen LogP contribution in [0.3, 0.4) is 0 Å². The molecule has 1 heterocycles. The van der Waals surface area contributed by atoms with Crippen molar-refractivity contribution in [2.75, 3.05) is 0 Å². The Morgan fingerprint density at radius 2 is 1.67 bits per heavy atom. The largest absolute Gasteiger partial charge is 0.384 e. The van der Waals surface area contributed by atoms with E-state index in [0.717, 1.165) is 17.0 Å². The van der Waals surface area contributed by atoms with Crippen molar-refractivity contribution in [1.82, 2.24) is 9.97 Å². The minimum Gasteiger partial charge on any atom is -0.384 e. The molecule has 0 radical (unpaired) electrons. The van der Waals surface area contributed by atoms with Gasteiger partial charge >= 0.3 is 0 Å². The predicted molar refractivity (Wildman–Crippen MR) is 69.1 cm³/mol. The van der Waals surface area contributed by atoms with E-state index >= 15 is 0 Å². The summed E-state index contributed by atoms with van der Waals surface area (Å²) in [5, 5.41) is 10.2. The van der Waals surface area contributed by atoms with Gasteiger partial charge in [-0.25, -0.2) is 9.97 Å². The molecule has 1 fully saturated rings. The van der Waals surface area contributed by atoms with Gasteiger partial charge in [0.05, 0.1) is 0 Å². The average Bonchev–Trinajstić information content (AvgIpc) is 2.38. The SMILES string of the molecule is OC(c1ccc(C2CCC2)cc1)c1cncnc1. The summed E-state index contributed by atoms with van der Waals surface area (Å²) in [6.07, 6.45) is 8.08. The van der Waals surface area contributed by atoms with Crippen LogP contribution in [-0.4, -0.2) is 15.1 Å². The Kier molecular flexibility index (Phi) is 3.07. The van der Waals surface area contributed by atoms with Gasteiger partial charge in [0.25, 0.3) is 0 Å². The fraction of sp³-hybridized carbons (Fsp3) is 0.333. The molecule has 1 aromatic heterocycles. The molecule has 1 atom stereocenters. The quantitative estimate of drug-likeness (QED) is 0.897. The second kappa shape index (κ2) is 4.86. The van der Waals surface area contributed by atoms with E-state index in [0.29, 0.717) is 0 Å². The summed E-state index contributed by atoms with van der Waals surface area (Å²) in [5.74, 6) is 0.733. The molecular formula is C15H16N2O. The Bertz CT molecular complexity index is 506. The molecular weight excluding hydrogens is 224 g/mol. The van der Waals surface area contributed by atoms with Gasteiger partial charge in [0, 0.05) is 18.0 Å². The van der Waals surface area contributed by atoms with Crippen molar-refractivity contribution >= 4 is 0 Å². The predicted octanol–water partition coefficient (Wildman–Crippen LogP) is 2.83. The summed E-state index contributed by atoms with van der Waals surface area (Å²) in [4.78, 5) is 7.86. The highest BCUT2D eigenvalue weighted by Gasteiger charge is 2.19. The van der Waals surface area contributed by atoms with Crippen LogP contribution in [0, 0.1) is 0 Å². The smallest absolute Gasteiger partial charge is 0.115 e. The number of rotatable bonds is 3. The molecule has 1 aliphatic carbocycles. The van der Waals surface area contributed by atoms with Gasteiger partial charge in [0.2, 0.25) is 0 Å². The molecule has 1 saturated carbocycles. The topological polar surface area (TPSA) is 46.0 Å². The summed E-state index contributed by atoms with van der Waals surface area (Å²) in [6, 6.07) is 8.27. The first-order chi connectivity index (χ1) is 8.84. The molecule has 1 unspecified atom stereocenters. The van der Waals surface area contributed by atoms with Crippen LogP contribution in [0.25, 0.3) is 0 Å². The molecule has 3 nitrogen and oxygen atoms in total. The molecule has 2 aromatic rings. The van der Waals surface area contributed by atoms with E-state index in [1.807, 2.05) is 12.1 Å². The lowest BCUT2D eigenvalue weighted by Gasteiger charge is -2.26. The third kappa shape index (κ3) is 2.14. The van der Waals surface area contributed by atoms with Gasteiger partial charge in [-0.2, -0.15) is 0 Å². The van der Waals surface area contributed by atoms with Crippen molar-refractivity contribution in [2.24, 2.45) is 0 Å². The molecule has 3 heteroatoms. The molecule has 3 rings (SSSR count). The van der Waals surface area contributed by atoms with Crippen molar-refractivity contribution in [3.05, 3.63) is 59.7 Å². The maximum Gasteiger partial charge on any atom is 0.115 e. The Morgan fingerprint density at radius 3 is 2.22 bits per heavy atom. The van der Waals surface area contributed by atoms with E-state index in [-0.39, 0.29) is 0 Å². The maximum absolute atomic E-state index is 10.2. The zero-order valence-corrected chi connectivity index (χ0v) is 10.2. The van der Waals surface area contributed by atoms with Gasteiger partial charge in [0.15, 0.2) is 0 Å². The molecule has 0 spiro atoms. The van der Waals surface area contributed by atoms with Crippen LogP contribution < -0.4 is 0 Å². The molecule has 0 bridgehead atoms. The minimum atomic E-state index is -0.637. The standard InChI is InChI=1S/C15H16N2O/c18-15(14-8-16-10-17-9-14)13-6-4-12(5-7-13)11-2-1-3-11/h4-11,15,18H,1-3H2. The molecule has 92 valence electrons. The lowest BCUT2D eigenvalue weighted by atomic mass is 9.80. The zero-order chi connectivity index (χ0) is 12.4. The van der Waals surface area contributed by atoms with Crippen molar-refractivity contribution in [3.63, 3.8) is 0 Å². The van der Waals surface area contributed by atoms with E-state index < -0.39 is 6.10 Å².